The maximum Gasteiger partial charge on any atom is 0.313 e. The lowest BCUT2D eigenvalue weighted by Crippen LogP contribution is -2.13. The second-order valence-corrected chi connectivity index (χ2v) is 4.91. The molecular formula is C17H14FN3O4. The summed E-state index contributed by atoms with van der Waals surface area (Å²) < 4.78 is 29.3. The molecule has 3 aromatic rings. The number of carbonyl (C=O) groups excluding carboxylic acids is 1. The van der Waals surface area contributed by atoms with Crippen molar-refractivity contribution >= 4 is 11.6 Å². The van der Waals surface area contributed by atoms with Crippen LogP contribution in [0.1, 0.15) is 10.7 Å². The summed E-state index contributed by atoms with van der Waals surface area (Å²) in [7, 11) is 2.98. The molecule has 0 unspecified atom stereocenters. The quantitative estimate of drug-likeness (QED) is 0.766. The zero-order valence-corrected chi connectivity index (χ0v) is 13.4. The Hall–Kier alpha value is -3.42. The van der Waals surface area contributed by atoms with Crippen molar-refractivity contribution in [3.8, 4) is 23.0 Å². The summed E-state index contributed by atoms with van der Waals surface area (Å²) in [6.07, 6.45) is 0. The summed E-state index contributed by atoms with van der Waals surface area (Å²) in [6, 6.07) is 10.8. The Morgan fingerprint density at radius 3 is 2.64 bits per heavy atom. The number of anilines is 1. The van der Waals surface area contributed by atoms with E-state index < -0.39 is 11.7 Å². The molecular weight excluding hydrogens is 329 g/mol. The van der Waals surface area contributed by atoms with E-state index in [2.05, 4.69) is 15.5 Å². The fraction of sp³-hybridized carbons (Fsp3) is 0.118. The standard InChI is InChI=1S/C17H14FN3O4/c1-23-10-7-8-14(24-2)13(9-10)19-15(22)17-21-20-16(25-17)11-5-3-4-6-12(11)18/h3-9H,1-2H3,(H,19,22). The molecule has 25 heavy (non-hydrogen) atoms. The van der Waals surface area contributed by atoms with Gasteiger partial charge in [-0.2, -0.15) is 0 Å². The minimum absolute atomic E-state index is 0.0825. The lowest BCUT2D eigenvalue weighted by molar-refractivity contribution is 0.0990. The third kappa shape index (κ3) is 3.42. The van der Waals surface area contributed by atoms with Gasteiger partial charge in [0.1, 0.15) is 17.3 Å². The molecule has 0 saturated carbocycles. The molecule has 1 amide bonds. The number of nitrogens with zero attached hydrogens (tertiary/aromatic N) is 2. The Morgan fingerprint density at radius 2 is 1.92 bits per heavy atom. The van der Waals surface area contributed by atoms with Crippen molar-refractivity contribution < 1.29 is 23.1 Å². The highest BCUT2D eigenvalue weighted by molar-refractivity contribution is 6.02. The van der Waals surface area contributed by atoms with E-state index in [1.807, 2.05) is 0 Å². The van der Waals surface area contributed by atoms with E-state index in [9.17, 15) is 9.18 Å². The molecule has 0 spiro atoms. The molecule has 0 aliphatic carbocycles. The minimum Gasteiger partial charge on any atom is -0.497 e. The number of aromatic nitrogens is 2. The lowest BCUT2D eigenvalue weighted by Gasteiger charge is -2.10. The van der Waals surface area contributed by atoms with Gasteiger partial charge in [0.2, 0.25) is 0 Å². The largest absolute Gasteiger partial charge is 0.497 e. The molecule has 0 aliphatic heterocycles. The van der Waals surface area contributed by atoms with Crippen molar-refractivity contribution in [1.82, 2.24) is 10.2 Å². The molecule has 0 radical (unpaired) electrons. The van der Waals surface area contributed by atoms with Gasteiger partial charge in [0.25, 0.3) is 5.89 Å². The van der Waals surface area contributed by atoms with Crippen molar-refractivity contribution in [3.63, 3.8) is 0 Å². The van der Waals surface area contributed by atoms with Gasteiger partial charge >= 0.3 is 11.8 Å². The zero-order valence-electron chi connectivity index (χ0n) is 13.4. The Balaban J connectivity index is 1.85. The minimum atomic E-state index is -0.651. The van der Waals surface area contributed by atoms with Crippen LogP contribution in [0.2, 0.25) is 0 Å². The van der Waals surface area contributed by atoms with E-state index in [0.29, 0.717) is 17.2 Å². The first-order valence-electron chi connectivity index (χ1n) is 7.24. The van der Waals surface area contributed by atoms with Crippen molar-refractivity contribution in [1.29, 1.82) is 0 Å². The van der Waals surface area contributed by atoms with Crippen LogP contribution in [0.5, 0.6) is 11.5 Å². The van der Waals surface area contributed by atoms with Crippen LogP contribution in [0.25, 0.3) is 11.5 Å². The average molecular weight is 343 g/mol. The molecule has 1 heterocycles. The van der Waals surface area contributed by atoms with E-state index in [1.165, 1.54) is 32.4 Å². The number of methoxy groups -OCH3 is 2. The van der Waals surface area contributed by atoms with Gasteiger partial charge in [-0.05, 0) is 24.3 Å². The molecule has 0 bridgehead atoms. The Morgan fingerprint density at radius 1 is 1.12 bits per heavy atom. The third-order valence-electron chi connectivity index (χ3n) is 3.38. The highest BCUT2D eigenvalue weighted by Crippen LogP contribution is 2.29. The number of hydrogen-bond donors (Lipinski definition) is 1. The Kier molecular flexibility index (Phi) is 4.60. The molecule has 0 saturated heterocycles. The van der Waals surface area contributed by atoms with E-state index in [1.54, 1.807) is 24.3 Å². The summed E-state index contributed by atoms with van der Waals surface area (Å²) in [5.74, 6) is -0.588. The highest BCUT2D eigenvalue weighted by atomic mass is 19.1. The molecule has 1 N–H and O–H groups in total. The number of rotatable bonds is 5. The first-order valence-corrected chi connectivity index (χ1v) is 7.24. The van der Waals surface area contributed by atoms with Crippen LogP contribution < -0.4 is 14.8 Å². The Labute approximate surface area is 142 Å². The fourth-order valence-electron chi connectivity index (χ4n) is 2.15. The van der Waals surface area contributed by atoms with Crippen LogP contribution >= 0.6 is 0 Å². The SMILES string of the molecule is COc1ccc(OC)c(NC(=O)c2nnc(-c3ccccc3F)o2)c1. The van der Waals surface area contributed by atoms with Crippen LogP contribution in [-0.4, -0.2) is 30.3 Å². The topological polar surface area (TPSA) is 86.5 Å². The van der Waals surface area contributed by atoms with Crippen LogP contribution in [0.4, 0.5) is 10.1 Å². The van der Waals surface area contributed by atoms with Crippen molar-refractivity contribution in [2.75, 3.05) is 19.5 Å². The predicted octanol–water partition coefficient (Wildman–Crippen LogP) is 3.15. The molecule has 2 aromatic carbocycles. The number of carbonyl (C=O) groups is 1. The van der Waals surface area contributed by atoms with Gasteiger partial charge in [-0.15, -0.1) is 10.2 Å². The molecule has 7 nitrogen and oxygen atoms in total. The second kappa shape index (κ2) is 7.00. The van der Waals surface area contributed by atoms with Gasteiger partial charge in [-0.1, -0.05) is 12.1 Å². The lowest BCUT2D eigenvalue weighted by atomic mass is 10.2. The van der Waals surface area contributed by atoms with Crippen LogP contribution in [0.3, 0.4) is 0 Å². The third-order valence-corrected chi connectivity index (χ3v) is 3.38. The number of amides is 1. The van der Waals surface area contributed by atoms with Gasteiger partial charge in [0.05, 0.1) is 25.5 Å². The summed E-state index contributed by atoms with van der Waals surface area (Å²) in [6.45, 7) is 0. The van der Waals surface area contributed by atoms with Crippen molar-refractivity contribution in [3.05, 3.63) is 54.2 Å². The maximum absolute atomic E-state index is 13.8. The molecule has 0 aliphatic rings. The number of hydrogen-bond acceptors (Lipinski definition) is 6. The zero-order chi connectivity index (χ0) is 17.8. The van der Waals surface area contributed by atoms with E-state index in [-0.39, 0.29) is 17.3 Å². The number of benzene rings is 2. The van der Waals surface area contributed by atoms with Gasteiger partial charge in [-0.25, -0.2) is 4.39 Å². The molecule has 0 fully saturated rings. The highest BCUT2D eigenvalue weighted by Gasteiger charge is 2.19. The summed E-state index contributed by atoms with van der Waals surface area (Å²) in [4.78, 5) is 12.3. The van der Waals surface area contributed by atoms with Crippen molar-refractivity contribution in [2.45, 2.75) is 0 Å². The Bertz CT molecular complexity index is 910. The number of halogens is 1. The smallest absolute Gasteiger partial charge is 0.313 e. The molecule has 128 valence electrons. The van der Waals surface area contributed by atoms with Gasteiger partial charge in [0.15, 0.2) is 0 Å². The van der Waals surface area contributed by atoms with Crippen molar-refractivity contribution in [2.24, 2.45) is 0 Å². The van der Waals surface area contributed by atoms with Crippen LogP contribution in [-0.2, 0) is 0 Å². The number of nitrogens with one attached hydrogen (secondary N) is 1. The van der Waals surface area contributed by atoms with Crippen LogP contribution in [0.15, 0.2) is 46.9 Å². The average Bonchev–Trinajstić information content (AvgIpc) is 3.12. The van der Waals surface area contributed by atoms with Gasteiger partial charge < -0.3 is 19.2 Å². The van der Waals surface area contributed by atoms with E-state index >= 15 is 0 Å². The van der Waals surface area contributed by atoms with E-state index in [4.69, 9.17) is 13.9 Å². The fourth-order valence-corrected chi connectivity index (χ4v) is 2.15. The molecule has 0 atom stereocenters. The molecule has 3 rings (SSSR count). The molecule has 8 heteroatoms. The summed E-state index contributed by atoms with van der Waals surface area (Å²) >= 11 is 0. The predicted molar refractivity (Wildman–Crippen MR) is 87.2 cm³/mol. The molecule has 1 aromatic heterocycles. The first kappa shape index (κ1) is 16.4. The monoisotopic (exact) mass is 343 g/mol. The maximum atomic E-state index is 13.8. The number of ether oxygens (including phenoxy) is 2. The van der Waals surface area contributed by atoms with Gasteiger partial charge in [0, 0.05) is 6.07 Å². The first-order chi connectivity index (χ1) is 12.1. The summed E-state index contributed by atoms with van der Waals surface area (Å²) in [5, 5.41) is 9.97. The van der Waals surface area contributed by atoms with Gasteiger partial charge in [-0.3, -0.25) is 4.79 Å². The normalized spacial score (nSPS) is 10.4. The summed E-state index contributed by atoms with van der Waals surface area (Å²) in [5.41, 5.74) is 0.491. The second-order valence-electron chi connectivity index (χ2n) is 4.91. The van der Waals surface area contributed by atoms with Crippen LogP contribution in [0, 0.1) is 5.82 Å². The van der Waals surface area contributed by atoms with E-state index in [0.717, 1.165) is 0 Å².